The van der Waals surface area contributed by atoms with E-state index in [4.69, 9.17) is 27.4 Å². The summed E-state index contributed by atoms with van der Waals surface area (Å²) in [7, 11) is -3.28. The van der Waals surface area contributed by atoms with Gasteiger partial charge < -0.3 is 14.6 Å². The summed E-state index contributed by atoms with van der Waals surface area (Å²) < 4.78 is 40.8. The van der Waals surface area contributed by atoms with E-state index in [-0.39, 0.29) is 18.5 Å². The van der Waals surface area contributed by atoms with Crippen molar-refractivity contribution in [1.29, 1.82) is 0 Å². The molecule has 1 rings (SSSR count). The third-order valence-electron chi connectivity index (χ3n) is 2.55. The third-order valence-corrected chi connectivity index (χ3v) is 2.55. The summed E-state index contributed by atoms with van der Waals surface area (Å²) in [6, 6.07) is 0. The van der Waals surface area contributed by atoms with E-state index in [2.05, 4.69) is 4.74 Å². The Morgan fingerprint density at radius 2 is 1.78 bits per heavy atom. The van der Waals surface area contributed by atoms with Crippen molar-refractivity contribution in [2.45, 2.75) is 51.4 Å². The van der Waals surface area contributed by atoms with Gasteiger partial charge in [-0.25, -0.2) is 0 Å². The topological polar surface area (TPSA) is 147 Å². The molecule has 0 unspecified atom stereocenters. The van der Waals surface area contributed by atoms with Gasteiger partial charge in [0.25, 0.3) is 0 Å². The van der Waals surface area contributed by atoms with Crippen LogP contribution in [0.25, 0.3) is 0 Å². The fourth-order valence-corrected chi connectivity index (χ4v) is 1.47. The number of rotatable bonds is 5. The lowest BCUT2D eigenvalue weighted by Crippen LogP contribution is -2.00. The molecule has 1 fully saturated rings. The van der Waals surface area contributed by atoms with E-state index in [1.165, 1.54) is 7.11 Å². The van der Waals surface area contributed by atoms with Gasteiger partial charge in [0, 0.05) is 19.4 Å². The molecule has 138 valence electrons. The minimum atomic E-state index is -4.67. The number of cyclic esters (lactones) is 1. The maximum Gasteiger partial charge on any atom is 0.394 e. The van der Waals surface area contributed by atoms with Crippen LogP contribution >= 0.6 is 0 Å². The summed E-state index contributed by atoms with van der Waals surface area (Å²) in [6.07, 6.45) is 6.78. The van der Waals surface area contributed by atoms with Crippen LogP contribution in [0.3, 0.4) is 0 Å². The number of unbranched alkanes of at least 4 members (excludes halogenated alkanes) is 2. The SMILES string of the molecule is COC(=O)CCCCCO.O=C1CCCCCO1.O=S(=O)(O)O. The lowest BCUT2D eigenvalue weighted by Gasteiger charge is -1.96. The standard InChI is InChI=1S/C7H14O3.C6H10O2.H2O4S/c1-10-7(9)5-3-2-4-6-8;7-6-4-2-1-3-5-8-6;1-5(2,3)4/h8H,2-6H2,1H3;1-5H2;(H2,1,2,3,4). The van der Waals surface area contributed by atoms with Crippen molar-refractivity contribution in [3.63, 3.8) is 0 Å². The Balaban J connectivity index is 0. The van der Waals surface area contributed by atoms with E-state index < -0.39 is 10.4 Å². The molecule has 1 aliphatic rings. The second kappa shape index (κ2) is 15.7. The van der Waals surface area contributed by atoms with Crippen molar-refractivity contribution in [1.82, 2.24) is 0 Å². The van der Waals surface area contributed by atoms with Crippen LogP contribution < -0.4 is 0 Å². The Labute approximate surface area is 136 Å². The Kier molecular flexibility index (Phi) is 16.4. The maximum absolute atomic E-state index is 10.5. The van der Waals surface area contributed by atoms with Gasteiger partial charge in [-0.1, -0.05) is 6.42 Å². The smallest absolute Gasteiger partial charge is 0.394 e. The van der Waals surface area contributed by atoms with Crippen molar-refractivity contribution in [3.8, 4) is 0 Å². The molecule has 1 aliphatic heterocycles. The number of carbonyl (C=O) groups is 2. The number of carbonyl (C=O) groups excluding carboxylic acids is 2. The maximum atomic E-state index is 10.5. The number of aliphatic hydroxyl groups excluding tert-OH is 1. The van der Waals surface area contributed by atoms with Gasteiger partial charge >= 0.3 is 22.3 Å². The highest BCUT2D eigenvalue weighted by atomic mass is 32.3. The van der Waals surface area contributed by atoms with E-state index >= 15 is 0 Å². The lowest BCUT2D eigenvalue weighted by molar-refractivity contribution is -0.143. The van der Waals surface area contributed by atoms with Gasteiger partial charge in [0.05, 0.1) is 13.7 Å². The van der Waals surface area contributed by atoms with Crippen molar-refractivity contribution in [3.05, 3.63) is 0 Å². The molecule has 0 bridgehead atoms. The van der Waals surface area contributed by atoms with Gasteiger partial charge in [-0.3, -0.25) is 18.7 Å². The molecule has 0 saturated carbocycles. The third kappa shape index (κ3) is 29.4. The Bertz CT molecular complexity index is 388. The van der Waals surface area contributed by atoms with Gasteiger partial charge in [-0.15, -0.1) is 0 Å². The fraction of sp³-hybridized carbons (Fsp3) is 0.846. The first-order valence-electron chi connectivity index (χ1n) is 7.24. The Hall–Kier alpha value is -1.23. The van der Waals surface area contributed by atoms with E-state index in [9.17, 15) is 9.59 Å². The van der Waals surface area contributed by atoms with Gasteiger partial charge in [0.2, 0.25) is 0 Å². The monoisotopic (exact) mass is 358 g/mol. The summed E-state index contributed by atoms with van der Waals surface area (Å²) in [4.78, 5) is 21.0. The number of hydrogen-bond acceptors (Lipinski definition) is 7. The number of hydrogen-bond donors (Lipinski definition) is 3. The molecule has 0 aromatic heterocycles. The summed E-state index contributed by atoms with van der Waals surface area (Å²) in [5.74, 6) is -0.194. The van der Waals surface area contributed by atoms with Crippen molar-refractivity contribution >= 4 is 22.3 Å². The average molecular weight is 358 g/mol. The molecule has 3 N–H and O–H groups in total. The molecule has 10 heteroatoms. The number of ether oxygens (including phenoxy) is 2. The van der Waals surface area contributed by atoms with Gasteiger partial charge in [-0.2, -0.15) is 8.42 Å². The minimum Gasteiger partial charge on any atom is -0.469 e. The predicted molar refractivity (Wildman–Crippen MR) is 81.2 cm³/mol. The molecule has 0 amide bonds. The number of esters is 2. The molecule has 0 aromatic carbocycles. The van der Waals surface area contributed by atoms with E-state index in [0.29, 0.717) is 19.4 Å². The van der Waals surface area contributed by atoms with Crippen LogP contribution in [0.4, 0.5) is 0 Å². The molecule has 23 heavy (non-hydrogen) atoms. The van der Waals surface area contributed by atoms with Gasteiger partial charge in [0.1, 0.15) is 0 Å². The van der Waals surface area contributed by atoms with Gasteiger partial charge in [0.15, 0.2) is 0 Å². The van der Waals surface area contributed by atoms with E-state index in [1.54, 1.807) is 0 Å². The average Bonchev–Trinajstić information content (AvgIpc) is 2.70. The first-order chi connectivity index (χ1) is 10.7. The first kappa shape index (κ1) is 24.0. The molecule has 0 atom stereocenters. The highest BCUT2D eigenvalue weighted by Gasteiger charge is 2.05. The molecular formula is C13H26O9S. The summed E-state index contributed by atoms with van der Waals surface area (Å²) >= 11 is 0. The number of methoxy groups -OCH3 is 1. The normalized spacial score (nSPS) is 14.2. The largest absolute Gasteiger partial charge is 0.469 e. The van der Waals surface area contributed by atoms with Crippen LogP contribution in [0.5, 0.6) is 0 Å². The molecule has 1 heterocycles. The van der Waals surface area contributed by atoms with Crippen molar-refractivity contribution in [2.24, 2.45) is 0 Å². The van der Waals surface area contributed by atoms with Crippen LogP contribution in [0, 0.1) is 0 Å². The Morgan fingerprint density at radius 1 is 1.17 bits per heavy atom. The van der Waals surface area contributed by atoms with Crippen LogP contribution in [0.1, 0.15) is 51.4 Å². The lowest BCUT2D eigenvalue weighted by atomic mass is 10.2. The molecule has 9 nitrogen and oxygen atoms in total. The zero-order valence-corrected chi connectivity index (χ0v) is 14.1. The Morgan fingerprint density at radius 3 is 2.30 bits per heavy atom. The van der Waals surface area contributed by atoms with E-state index in [1.807, 2.05) is 0 Å². The zero-order chi connectivity index (χ0) is 18.1. The number of aliphatic hydroxyl groups is 1. The summed E-state index contributed by atoms with van der Waals surface area (Å²) in [5, 5.41) is 8.37. The zero-order valence-electron chi connectivity index (χ0n) is 13.3. The highest BCUT2D eigenvalue weighted by molar-refractivity contribution is 7.79. The minimum absolute atomic E-state index is 0.0255. The van der Waals surface area contributed by atoms with E-state index in [0.717, 1.165) is 38.5 Å². The molecule has 0 radical (unpaired) electrons. The van der Waals surface area contributed by atoms with Crippen molar-refractivity contribution < 1.29 is 41.7 Å². The molecular weight excluding hydrogens is 332 g/mol. The van der Waals surface area contributed by atoms with Crippen LogP contribution in [0.15, 0.2) is 0 Å². The summed E-state index contributed by atoms with van der Waals surface area (Å²) in [6.45, 7) is 0.847. The molecule has 0 aromatic rings. The van der Waals surface area contributed by atoms with Crippen LogP contribution in [-0.4, -0.2) is 54.9 Å². The quantitative estimate of drug-likeness (QED) is 0.374. The van der Waals surface area contributed by atoms with Crippen molar-refractivity contribution in [2.75, 3.05) is 20.3 Å². The second-order valence-electron chi connectivity index (χ2n) is 4.59. The highest BCUT2D eigenvalue weighted by Crippen LogP contribution is 2.06. The second-order valence-corrected chi connectivity index (χ2v) is 5.49. The summed E-state index contributed by atoms with van der Waals surface area (Å²) in [5.41, 5.74) is 0. The van der Waals surface area contributed by atoms with Gasteiger partial charge in [-0.05, 0) is 32.1 Å². The molecule has 0 spiro atoms. The molecule has 0 aliphatic carbocycles. The predicted octanol–water partition coefficient (Wildman–Crippen LogP) is 1.16. The van der Waals surface area contributed by atoms with Crippen LogP contribution in [0.2, 0.25) is 0 Å². The van der Waals surface area contributed by atoms with Crippen LogP contribution in [-0.2, 0) is 29.5 Å². The molecule has 1 saturated heterocycles. The fourth-order valence-electron chi connectivity index (χ4n) is 1.47. The first-order valence-corrected chi connectivity index (χ1v) is 8.63.